The molecule has 1 fully saturated rings. The number of aromatic amines is 1. The molecule has 2 aliphatic rings. The molecule has 3 unspecified atom stereocenters. The number of nitrogens with zero attached hydrogens (tertiary/aromatic N) is 2. The van der Waals surface area contributed by atoms with Crippen molar-refractivity contribution in [3.05, 3.63) is 65.6 Å². The molecular weight excluding hydrogens is 384 g/mol. The first-order valence-corrected chi connectivity index (χ1v) is 11.6. The predicted molar refractivity (Wildman–Crippen MR) is 124 cm³/mol. The highest BCUT2D eigenvalue weighted by molar-refractivity contribution is 5.85. The Morgan fingerprint density at radius 1 is 1.26 bits per heavy atom. The third-order valence-electron chi connectivity index (χ3n) is 7.85. The zero-order valence-corrected chi connectivity index (χ0v) is 18.5. The molecule has 0 saturated carbocycles. The summed E-state index contributed by atoms with van der Waals surface area (Å²) >= 11 is 0. The maximum atomic E-state index is 13.4. The summed E-state index contributed by atoms with van der Waals surface area (Å²) in [5.74, 6) is 0.0592. The maximum Gasteiger partial charge on any atom is 0.223 e. The summed E-state index contributed by atoms with van der Waals surface area (Å²) < 4.78 is 0. The first kappa shape index (κ1) is 20.3. The standard InChI is InChI=1S/C26H32N4O/c1-3-26(18(2)25(31)28-17-19-9-6-7-14-27-19)13-8-15-30-16-12-21-20-10-4-5-11-22(20)29-23(21)24(26)30/h4-7,9-11,14,18,24,29H,3,8,12-13,15-17H2,1-2H3,(H,28,31). The van der Waals surface area contributed by atoms with Crippen molar-refractivity contribution < 1.29 is 4.79 Å². The van der Waals surface area contributed by atoms with Gasteiger partial charge in [0, 0.05) is 40.7 Å². The number of nitrogens with one attached hydrogen (secondary N) is 2. The van der Waals surface area contributed by atoms with E-state index in [1.54, 1.807) is 6.20 Å². The lowest BCUT2D eigenvalue weighted by molar-refractivity contribution is -0.135. The molecule has 1 saturated heterocycles. The summed E-state index contributed by atoms with van der Waals surface area (Å²) in [5.41, 5.74) is 4.84. The first-order valence-electron chi connectivity index (χ1n) is 11.6. The molecule has 0 aliphatic carbocycles. The van der Waals surface area contributed by atoms with E-state index in [0.29, 0.717) is 6.54 Å². The summed E-state index contributed by atoms with van der Waals surface area (Å²) in [6.07, 6.45) is 6.07. The van der Waals surface area contributed by atoms with E-state index >= 15 is 0 Å². The molecule has 5 heteroatoms. The van der Waals surface area contributed by atoms with Crippen molar-refractivity contribution in [2.24, 2.45) is 11.3 Å². The molecule has 0 spiro atoms. The fourth-order valence-electron chi connectivity index (χ4n) is 6.15. The summed E-state index contributed by atoms with van der Waals surface area (Å²) in [5, 5.41) is 4.52. The van der Waals surface area contributed by atoms with Crippen LogP contribution < -0.4 is 5.32 Å². The molecule has 3 aromatic rings. The number of H-pyrrole nitrogens is 1. The van der Waals surface area contributed by atoms with Crippen LogP contribution in [0.25, 0.3) is 10.9 Å². The Bertz CT molecular complexity index is 1080. The topological polar surface area (TPSA) is 61.0 Å². The van der Waals surface area contributed by atoms with E-state index < -0.39 is 0 Å². The molecule has 4 heterocycles. The Balaban J connectivity index is 1.48. The van der Waals surface area contributed by atoms with Crippen LogP contribution in [0.4, 0.5) is 0 Å². The third kappa shape index (κ3) is 3.35. The van der Waals surface area contributed by atoms with Gasteiger partial charge in [0.15, 0.2) is 0 Å². The van der Waals surface area contributed by atoms with Crippen LogP contribution in [-0.4, -0.2) is 33.9 Å². The van der Waals surface area contributed by atoms with E-state index in [4.69, 9.17) is 0 Å². The number of carbonyl (C=O) groups is 1. The quantitative estimate of drug-likeness (QED) is 0.639. The van der Waals surface area contributed by atoms with Crippen LogP contribution in [0.5, 0.6) is 0 Å². The van der Waals surface area contributed by atoms with Crippen molar-refractivity contribution in [1.82, 2.24) is 20.2 Å². The molecular formula is C26H32N4O. The van der Waals surface area contributed by atoms with Crippen molar-refractivity contribution in [1.29, 1.82) is 0 Å². The molecule has 1 amide bonds. The molecule has 5 nitrogen and oxygen atoms in total. The van der Waals surface area contributed by atoms with Gasteiger partial charge in [0.05, 0.1) is 18.3 Å². The minimum atomic E-state index is -0.0809. The average Bonchev–Trinajstić information content (AvgIpc) is 3.21. The highest BCUT2D eigenvalue weighted by atomic mass is 16.1. The zero-order chi connectivity index (χ0) is 21.4. The summed E-state index contributed by atoms with van der Waals surface area (Å²) in [4.78, 5) is 24.1. The van der Waals surface area contributed by atoms with Gasteiger partial charge in [-0.1, -0.05) is 38.1 Å². The molecule has 31 heavy (non-hydrogen) atoms. The number of carbonyl (C=O) groups excluding carboxylic acids is 1. The van der Waals surface area contributed by atoms with Crippen molar-refractivity contribution in [3.63, 3.8) is 0 Å². The van der Waals surface area contributed by atoms with Crippen LogP contribution >= 0.6 is 0 Å². The van der Waals surface area contributed by atoms with E-state index in [-0.39, 0.29) is 23.3 Å². The summed E-state index contributed by atoms with van der Waals surface area (Å²) in [7, 11) is 0. The van der Waals surface area contributed by atoms with Crippen molar-refractivity contribution in [3.8, 4) is 0 Å². The van der Waals surface area contributed by atoms with Crippen molar-refractivity contribution in [2.75, 3.05) is 13.1 Å². The largest absolute Gasteiger partial charge is 0.357 e. The van der Waals surface area contributed by atoms with Gasteiger partial charge in [-0.15, -0.1) is 0 Å². The molecule has 3 atom stereocenters. The molecule has 2 aromatic heterocycles. The minimum Gasteiger partial charge on any atom is -0.357 e. The van der Waals surface area contributed by atoms with Gasteiger partial charge in [-0.25, -0.2) is 0 Å². The monoisotopic (exact) mass is 416 g/mol. The first-order chi connectivity index (χ1) is 15.1. The van der Waals surface area contributed by atoms with E-state index in [1.807, 2.05) is 18.2 Å². The van der Waals surface area contributed by atoms with Gasteiger partial charge in [0.1, 0.15) is 0 Å². The zero-order valence-electron chi connectivity index (χ0n) is 18.5. The van der Waals surface area contributed by atoms with Crippen LogP contribution in [0.1, 0.15) is 56.1 Å². The number of aromatic nitrogens is 2. The molecule has 2 N–H and O–H groups in total. The number of rotatable bonds is 5. The van der Waals surface area contributed by atoms with Gasteiger partial charge >= 0.3 is 0 Å². The Morgan fingerprint density at radius 2 is 2.10 bits per heavy atom. The van der Waals surface area contributed by atoms with Crippen LogP contribution in [0, 0.1) is 11.3 Å². The van der Waals surface area contributed by atoms with Crippen LogP contribution in [-0.2, 0) is 17.8 Å². The lowest BCUT2D eigenvalue weighted by Crippen LogP contribution is -2.54. The minimum absolute atomic E-state index is 0.0774. The van der Waals surface area contributed by atoms with Gasteiger partial charge in [0.25, 0.3) is 0 Å². The van der Waals surface area contributed by atoms with Crippen molar-refractivity contribution >= 4 is 16.8 Å². The third-order valence-corrected chi connectivity index (χ3v) is 7.85. The number of hydrogen-bond acceptors (Lipinski definition) is 3. The average molecular weight is 417 g/mol. The lowest BCUT2D eigenvalue weighted by atomic mass is 9.61. The molecule has 0 radical (unpaired) electrons. The molecule has 2 aliphatic heterocycles. The number of fused-ring (bicyclic) bond motifs is 5. The molecule has 162 valence electrons. The number of pyridine rings is 1. The molecule has 0 bridgehead atoms. The fourth-order valence-corrected chi connectivity index (χ4v) is 6.15. The second kappa shape index (κ2) is 8.12. The second-order valence-corrected chi connectivity index (χ2v) is 9.20. The van der Waals surface area contributed by atoms with Crippen LogP contribution in [0.15, 0.2) is 48.7 Å². The fraction of sp³-hybridized carbons (Fsp3) is 0.462. The smallest absolute Gasteiger partial charge is 0.223 e. The van der Waals surface area contributed by atoms with E-state index in [2.05, 4.69) is 58.3 Å². The van der Waals surface area contributed by atoms with Gasteiger partial charge in [0.2, 0.25) is 5.91 Å². The number of amides is 1. The van der Waals surface area contributed by atoms with Gasteiger partial charge in [-0.2, -0.15) is 0 Å². The SMILES string of the molecule is CCC1(C(C)C(=O)NCc2ccccn2)CCCN2CCc3c([nH]c4ccccc34)C21. The van der Waals surface area contributed by atoms with Gasteiger partial charge in [-0.05, 0) is 56.0 Å². The number of hydrogen-bond donors (Lipinski definition) is 2. The normalized spacial score (nSPS) is 24.4. The van der Waals surface area contributed by atoms with E-state index in [0.717, 1.165) is 44.5 Å². The van der Waals surface area contributed by atoms with Crippen LogP contribution in [0.3, 0.4) is 0 Å². The maximum absolute atomic E-state index is 13.4. The summed E-state index contributed by atoms with van der Waals surface area (Å²) in [6.45, 7) is 7.07. The highest BCUT2D eigenvalue weighted by Gasteiger charge is 2.52. The predicted octanol–water partition coefficient (Wildman–Crippen LogP) is 4.60. The second-order valence-electron chi connectivity index (χ2n) is 9.20. The van der Waals surface area contributed by atoms with Gasteiger partial charge in [-0.3, -0.25) is 14.7 Å². The number of para-hydroxylation sites is 1. The Hall–Kier alpha value is -2.66. The molecule has 1 aromatic carbocycles. The molecule has 5 rings (SSSR count). The van der Waals surface area contributed by atoms with E-state index in [1.165, 1.54) is 22.2 Å². The number of benzene rings is 1. The van der Waals surface area contributed by atoms with Crippen molar-refractivity contribution in [2.45, 2.75) is 52.1 Å². The Kier molecular flexibility index (Phi) is 5.30. The Labute approximate surface area is 184 Å². The Morgan fingerprint density at radius 3 is 2.90 bits per heavy atom. The highest BCUT2D eigenvalue weighted by Crippen LogP contribution is 2.55. The van der Waals surface area contributed by atoms with Gasteiger partial charge < -0.3 is 10.3 Å². The van der Waals surface area contributed by atoms with Crippen LogP contribution in [0.2, 0.25) is 0 Å². The summed E-state index contributed by atoms with van der Waals surface area (Å²) in [6, 6.07) is 14.7. The number of piperidine rings is 1. The lowest BCUT2D eigenvalue weighted by Gasteiger charge is -2.54. The van der Waals surface area contributed by atoms with E-state index in [9.17, 15) is 4.79 Å².